The lowest BCUT2D eigenvalue weighted by molar-refractivity contribution is -0.143. The maximum absolute atomic E-state index is 13.8. The van der Waals surface area contributed by atoms with Crippen LogP contribution in [0.2, 0.25) is 0 Å². The van der Waals surface area contributed by atoms with Crippen molar-refractivity contribution in [3.63, 3.8) is 0 Å². The lowest BCUT2D eigenvalue weighted by Crippen LogP contribution is -2.36. The van der Waals surface area contributed by atoms with Crippen molar-refractivity contribution in [2.75, 3.05) is 26.3 Å². The first-order chi connectivity index (χ1) is 21.2. The molecular formula is C33H33F3N4O4. The van der Waals surface area contributed by atoms with Crippen LogP contribution in [0.25, 0.3) is 17.1 Å². The Morgan fingerprint density at radius 2 is 1.91 bits per heavy atom. The van der Waals surface area contributed by atoms with Crippen molar-refractivity contribution in [1.29, 1.82) is 0 Å². The Hall–Kier alpha value is -4.22. The van der Waals surface area contributed by atoms with Gasteiger partial charge in [-0.3, -0.25) is 4.90 Å². The third-order valence-corrected chi connectivity index (χ3v) is 8.24. The quantitative estimate of drug-likeness (QED) is 0.251. The van der Waals surface area contributed by atoms with E-state index in [0.29, 0.717) is 40.4 Å². The molecule has 4 aromatic rings. The molecule has 2 aliphatic rings. The maximum Gasteiger partial charge on any atom is 0.434 e. The van der Waals surface area contributed by atoms with E-state index < -0.39 is 23.4 Å². The third-order valence-electron chi connectivity index (χ3n) is 8.24. The van der Waals surface area contributed by atoms with Crippen molar-refractivity contribution in [2.45, 2.75) is 45.5 Å². The molecule has 0 atom stereocenters. The third kappa shape index (κ3) is 6.48. The first-order valence-corrected chi connectivity index (χ1v) is 14.7. The van der Waals surface area contributed by atoms with E-state index in [9.17, 15) is 23.1 Å². The molecule has 0 unspecified atom stereocenters. The SMILES string of the molecule is Cc1ccc(OCc2ccc3c(c2)CCN(CC2CCOCC2)C3)c(-c2cccc(-n3ncc(C(=O)O)c3C(F)(F)F)n2)c1. The molecule has 0 aliphatic carbocycles. The van der Waals surface area contributed by atoms with E-state index in [2.05, 4.69) is 33.2 Å². The Morgan fingerprint density at radius 1 is 1.09 bits per heavy atom. The van der Waals surface area contributed by atoms with Crippen molar-refractivity contribution >= 4 is 5.97 Å². The van der Waals surface area contributed by atoms with Crippen LogP contribution in [-0.2, 0) is 30.5 Å². The van der Waals surface area contributed by atoms with E-state index in [4.69, 9.17) is 9.47 Å². The van der Waals surface area contributed by atoms with Crippen molar-refractivity contribution in [3.05, 3.63) is 94.3 Å². The number of benzene rings is 2. The Balaban J connectivity index is 1.20. The summed E-state index contributed by atoms with van der Waals surface area (Å²) < 4.78 is 53.8. The summed E-state index contributed by atoms with van der Waals surface area (Å²) in [7, 11) is 0. The number of carbonyl (C=O) groups is 1. The van der Waals surface area contributed by atoms with Gasteiger partial charge < -0.3 is 14.6 Å². The number of aryl methyl sites for hydroxylation is 1. The van der Waals surface area contributed by atoms with Crippen LogP contribution in [0, 0.1) is 12.8 Å². The molecule has 0 bridgehead atoms. The highest BCUT2D eigenvalue weighted by Gasteiger charge is 2.41. The number of carboxylic acids is 1. The highest BCUT2D eigenvalue weighted by Crippen LogP contribution is 2.35. The van der Waals surface area contributed by atoms with Crippen molar-refractivity contribution in [2.24, 2.45) is 5.92 Å². The zero-order valence-electron chi connectivity index (χ0n) is 24.3. The molecule has 0 amide bonds. The number of aromatic carboxylic acids is 1. The van der Waals surface area contributed by atoms with Crippen LogP contribution in [0.4, 0.5) is 13.2 Å². The second kappa shape index (κ2) is 12.4. The average Bonchev–Trinajstić information content (AvgIpc) is 3.48. The number of hydrogen-bond donors (Lipinski definition) is 1. The Morgan fingerprint density at radius 3 is 2.68 bits per heavy atom. The molecule has 1 N–H and O–H groups in total. The Bertz CT molecular complexity index is 1660. The minimum Gasteiger partial charge on any atom is -0.488 e. The van der Waals surface area contributed by atoms with E-state index in [1.165, 1.54) is 17.2 Å². The summed E-state index contributed by atoms with van der Waals surface area (Å²) in [5.74, 6) is -0.646. The summed E-state index contributed by atoms with van der Waals surface area (Å²) >= 11 is 0. The van der Waals surface area contributed by atoms with Gasteiger partial charge in [0, 0.05) is 38.4 Å². The fourth-order valence-corrected chi connectivity index (χ4v) is 5.98. The zero-order chi connectivity index (χ0) is 30.8. The molecule has 230 valence electrons. The number of fused-ring (bicyclic) bond motifs is 1. The van der Waals surface area contributed by atoms with Gasteiger partial charge in [0.15, 0.2) is 11.5 Å². The normalized spacial score (nSPS) is 16.1. The minimum atomic E-state index is -4.95. The highest BCUT2D eigenvalue weighted by molar-refractivity contribution is 5.89. The molecule has 0 spiro atoms. The van der Waals surface area contributed by atoms with Gasteiger partial charge in [-0.15, -0.1) is 0 Å². The van der Waals surface area contributed by atoms with Gasteiger partial charge in [-0.25, -0.2) is 14.5 Å². The molecule has 2 aromatic heterocycles. The Kier molecular flexibility index (Phi) is 8.42. The van der Waals surface area contributed by atoms with E-state index in [1.807, 2.05) is 25.1 Å². The van der Waals surface area contributed by atoms with Crippen LogP contribution in [0.3, 0.4) is 0 Å². The number of carboxylic acid groups (broad SMARTS) is 1. The predicted octanol–water partition coefficient (Wildman–Crippen LogP) is 6.32. The molecule has 44 heavy (non-hydrogen) atoms. The van der Waals surface area contributed by atoms with E-state index in [1.54, 1.807) is 12.1 Å². The molecule has 11 heteroatoms. The van der Waals surface area contributed by atoms with Gasteiger partial charge in [0.25, 0.3) is 0 Å². The topological polar surface area (TPSA) is 89.7 Å². The molecule has 2 aromatic carbocycles. The van der Waals surface area contributed by atoms with Crippen LogP contribution in [-0.4, -0.2) is 57.0 Å². The van der Waals surface area contributed by atoms with Gasteiger partial charge in [0.2, 0.25) is 0 Å². The first kappa shape index (κ1) is 29.8. The smallest absolute Gasteiger partial charge is 0.434 e. The number of halogens is 3. The maximum atomic E-state index is 13.8. The van der Waals surface area contributed by atoms with E-state index >= 15 is 0 Å². The molecule has 0 saturated carbocycles. The van der Waals surface area contributed by atoms with Crippen molar-refractivity contribution in [1.82, 2.24) is 19.7 Å². The highest BCUT2D eigenvalue weighted by atomic mass is 19.4. The Labute approximate surface area is 253 Å². The van der Waals surface area contributed by atoms with Crippen molar-refractivity contribution < 1.29 is 32.5 Å². The lowest BCUT2D eigenvalue weighted by Gasteiger charge is -2.33. The average molecular weight is 607 g/mol. The number of rotatable bonds is 8. The largest absolute Gasteiger partial charge is 0.488 e. The van der Waals surface area contributed by atoms with Gasteiger partial charge in [-0.2, -0.15) is 18.3 Å². The molecule has 4 heterocycles. The monoisotopic (exact) mass is 606 g/mol. The molecule has 1 fully saturated rings. The number of pyridine rings is 1. The number of aromatic nitrogens is 3. The van der Waals surface area contributed by atoms with E-state index in [0.717, 1.165) is 63.2 Å². The van der Waals surface area contributed by atoms with Gasteiger partial charge in [-0.05, 0) is 73.1 Å². The minimum absolute atomic E-state index is 0.157. The summed E-state index contributed by atoms with van der Waals surface area (Å²) in [4.78, 5) is 18.4. The molecular weight excluding hydrogens is 573 g/mol. The van der Waals surface area contributed by atoms with Gasteiger partial charge >= 0.3 is 12.1 Å². The molecule has 6 rings (SSSR count). The summed E-state index contributed by atoms with van der Waals surface area (Å²) in [5, 5.41) is 13.0. The van der Waals surface area contributed by atoms with Crippen LogP contribution in [0.1, 0.15) is 51.1 Å². The second-order valence-electron chi connectivity index (χ2n) is 11.4. The first-order valence-electron chi connectivity index (χ1n) is 14.7. The van der Waals surface area contributed by atoms with E-state index in [-0.39, 0.29) is 5.82 Å². The number of nitrogens with zero attached hydrogens (tertiary/aromatic N) is 4. The summed E-state index contributed by atoms with van der Waals surface area (Å²) in [6, 6.07) is 16.6. The molecule has 2 aliphatic heterocycles. The fraction of sp³-hybridized carbons (Fsp3) is 0.364. The number of hydrogen-bond acceptors (Lipinski definition) is 6. The van der Waals surface area contributed by atoms with Crippen LogP contribution >= 0.6 is 0 Å². The van der Waals surface area contributed by atoms with Gasteiger partial charge in [0.1, 0.15) is 17.9 Å². The second-order valence-corrected chi connectivity index (χ2v) is 11.4. The molecule has 8 nitrogen and oxygen atoms in total. The molecule has 1 saturated heterocycles. The van der Waals surface area contributed by atoms with Crippen molar-refractivity contribution in [3.8, 4) is 22.8 Å². The number of alkyl halides is 3. The van der Waals surface area contributed by atoms with Gasteiger partial charge in [-0.1, -0.05) is 35.9 Å². The van der Waals surface area contributed by atoms with Crippen LogP contribution in [0.15, 0.2) is 60.8 Å². The fourth-order valence-electron chi connectivity index (χ4n) is 5.98. The zero-order valence-corrected chi connectivity index (χ0v) is 24.3. The predicted molar refractivity (Wildman–Crippen MR) is 157 cm³/mol. The van der Waals surface area contributed by atoms with Crippen LogP contribution < -0.4 is 4.74 Å². The lowest BCUT2D eigenvalue weighted by atomic mass is 9.94. The van der Waals surface area contributed by atoms with Gasteiger partial charge in [0.05, 0.1) is 11.9 Å². The number of ether oxygens (including phenoxy) is 2. The van der Waals surface area contributed by atoms with Crippen LogP contribution in [0.5, 0.6) is 5.75 Å². The summed E-state index contributed by atoms with van der Waals surface area (Å²) in [6.07, 6.45) is -1.02. The summed E-state index contributed by atoms with van der Waals surface area (Å²) in [6.45, 7) is 7.02. The standard InChI is InChI=1S/C33H33F3N4O4/c1-21-5-8-29(44-20-23-6-7-25-19-39(12-9-24(25)16-23)18-22-10-13-43-14-11-22)26(15-21)28-3-2-4-30(38-28)40-31(33(34,35)36)27(17-37-40)32(41)42/h2-8,15-17,22H,9-14,18-20H2,1H3,(H,41,42). The molecule has 0 radical (unpaired) electrons. The summed E-state index contributed by atoms with van der Waals surface area (Å²) in [5.41, 5.74) is 3.25.